The minimum absolute atomic E-state index is 0.755. The normalized spacial score (nSPS) is 40.6. The Kier molecular flexibility index (Phi) is 4.45. The Morgan fingerprint density at radius 3 is 2.79 bits per heavy atom. The SMILES string of the molecule is CN1CCCC(N(C)CC2CC3CCCCC3N2)C1. The Morgan fingerprint density at radius 2 is 2.00 bits per heavy atom. The van der Waals surface area contributed by atoms with E-state index in [0.29, 0.717) is 0 Å². The molecule has 4 atom stereocenters. The number of nitrogens with zero attached hydrogens (tertiary/aromatic N) is 2. The number of hydrogen-bond acceptors (Lipinski definition) is 3. The fraction of sp³-hybridized carbons (Fsp3) is 1.00. The van der Waals surface area contributed by atoms with E-state index in [-0.39, 0.29) is 0 Å². The molecule has 1 N–H and O–H groups in total. The van der Waals surface area contributed by atoms with E-state index in [2.05, 4.69) is 29.2 Å². The van der Waals surface area contributed by atoms with Crippen molar-refractivity contribution in [3.8, 4) is 0 Å². The van der Waals surface area contributed by atoms with Crippen molar-refractivity contribution in [1.29, 1.82) is 0 Å². The van der Waals surface area contributed by atoms with Crippen molar-refractivity contribution in [2.75, 3.05) is 33.7 Å². The van der Waals surface area contributed by atoms with Crippen LogP contribution in [0, 0.1) is 5.92 Å². The van der Waals surface area contributed by atoms with Gasteiger partial charge in [-0.05, 0) is 58.7 Å². The van der Waals surface area contributed by atoms with Gasteiger partial charge in [0.1, 0.15) is 0 Å². The van der Waals surface area contributed by atoms with Crippen molar-refractivity contribution in [2.24, 2.45) is 5.92 Å². The van der Waals surface area contributed by atoms with Crippen molar-refractivity contribution in [1.82, 2.24) is 15.1 Å². The Labute approximate surface area is 118 Å². The lowest BCUT2D eigenvalue weighted by Gasteiger charge is -2.37. The van der Waals surface area contributed by atoms with Gasteiger partial charge in [-0.1, -0.05) is 12.8 Å². The van der Waals surface area contributed by atoms with Crippen LogP contribution in [0.4, 0.5) is 0 Å². The van der Waals surface area contributed by atoms with Crippen LogP contribution >= 0.6 is 0 Å². The predicted molar refractivity (Wildman–Crippen MR) is 80.4 cm³/mol. The Morgan fingerprint density at radius 1 is 1.16 bits per heavy atom. The van der Waals surface area contributed by atoms with Gasteiger partial charge in [0.2, 0.25) is 0 Å². The molecule has 3 heteroatoms. The average molecular weight is 265 g/mol. The van der Waals surface area contributed by atoms with E-state index < -0.39 is 0 Å². The van der Waals surface area contributed by atoms with Gasteiger partial charge in [-0.25, -0.2) is 0 Å². The van der Waals surface area contributed by atoms with Gasteiger partial charge in [0.25, 0.3) is 0 Å². The second kappa shape index (κ2) is 6.11. The summed E-state index contributed by atoms with van der Waals surface area (Å²) in [5.74, 6) is 0.987. The van der Waals surface area contributed by atoms with Crippen molar-refractivity contribution in [3.05, 3.63) is 0 Å². The zero-order valence-corrected chi connectivity index (χ0v) is 12.8. The molecule has 0 radical (unpaired) electrons. The molecule has 0 amide bonds. The molecule has 1 saturated carbocycles. The minimum atomic E-state index is 0.755. The van der Waals surface area contributed by atoms with Gasteiger partial charge in [0, 0.05) is 31.2 Å². The fourth-order valence-corrected chi connectivity index (χ4v) is 4.57. The van der Waals surface area contributed by atoms with Gasteiger partial charge in [0.05, 0.1) is 0 Å². The molecular formula is C16H31N3. The molecule has 0 aromatic carbocycles. The molecule has 110 valence electrons. The Bertz CT molecular complexity index is 280. The summed E-state index contributed by atoms with van der Waals surface area (Å²) in [6.07, 6.45) is 10.0. The molecule has 0 spiro atoms. The molecule has 3 nitrogen and oxygen atoms in total. The van der Waals surface area contributed by atoms with Crippen LogP contribution in [-0.4, -0.2) is 61.7 Å². The first-order valence-electron chi connectivity index (χ1n) is 8.37. The number of rotatable bonds is 3. The monoisotopic (exact) mass is 265 g/mol. The third-order valence-electron chi connectivity index (χ3n) is 5.68. The highest BCUT2D eigenvalue weighted by atomic mass is 15.2. The summed E-state index contributed by atoms with van der Waals surface area (Å²) in [7, 11) is 4.61. The zero-order chi connectivity index (χ0) is 13.2. The summed E-state index contributed by atoms with van der Waals surface area (Å²) in [6.45, 7) is 3.80. The van der Waals surface area contributed by atoms with Gasteiger partial charge >= 0.3 is 0 Å². The van der Waals surface area contributed by atoms with E-state index in [1.807, 2.05) is 0 Å². The van der Waals surface area contributed by atoms with E-state index in [1.54, 1.807) is 0 Å². The molecule has 3 rings (SSSR count). The second-order valence-electron chi connectivity index (χ2n) is 7.25. The maximum Gasteiger partial charge on any atom is 0.0221 e. The van der Waals surface area contributed by atoms with Gasteiger partial charge < -0.3 is 15.1 Å². The molecule has 1 aliphatic carbocycles. The van der Waals surface area contributed by atoms with E-state index >= 15 is 0 Å². The molecule has 4 unspecified atom stereocenters. The lowest BCUT2D eigenvalue weighted by molar-refractivity contribution is 0.126. The van der Waals surface area contributed by atoms with Crippen LogP contribution in [0.3, 0.4) is 0 Å². The highest BCUT2D eigenvalue weighted by Crippen LogP contribution is 2.33. The van der Waals surface area contributed by atoms with Gasteiger partial charge in [-0.15, -0.1) is 0 Å². The topological polar surface area (TPSA) is 18.5 Å². The third-order valence-corrected chi connectivity index (χ3v) is 5.68. The first-order chi connectivity index (χ1) is 9.22. The molecule has 3 fully saturated rings. The highest BCUT2D eigenvalue weighted by Gasteiger charge is 2.36. The van der Waals surface area contributed by atoms with Crippen LogP contribution in [0.2, 0.25) is 0 Å². The van der Waals surface area contributed by atoms with E-state index in [1.165, 1.54) is 64.6 Å². The second-order valence-corrected chi connectivity index (χ2v) is 7.25. The standard InChI is InChI=1S/C16H31N3/c1-18-9-5-7-15(12-18)19(2)11-14-10-13-6-3-4-8-16(13)17-14/h13-17H,3-12H2,1-2H3. The molecule has 2 saturated heterocycles. The molecule has 0 bridgehead atoms. The summed E-state index contributed by atoms with van der Waals surface area (Å²) in [4.78, 5) is 5.12. The first-order valence-corrected chi connectivity index (χ1v) is 8.37. The number of hydrogen-bond donors (Lipinski definition) is 1. The fourth-order valence-electron chi connectivity index (χ4n) is 4.57. The van der Waals surface area contributed by atoms with Crippen molar-refractivity contribution >= 4 is 0 Å². The maximum atomic E-state index is 3.92. The molecule has 2 heterocycles. The summed E-state index contributed by atoms with van der Waals surface area (Å²) in [5, 5.41) is 3.92. The molecule has 2 aliphatic heterocycles. The van der Waals surface area contributed by atoms with Crippen molar-refractivity contribution < 1.29 is 0 Å². The lowest BCUT2D eigenvalue weighted by atomic mass is 9.85. The average Bonchev–Trinajstić information content (AvgIpc) is 2.80. The summed E-state index contributed by atoms with van der Waals surface area (Å²) in [5.41, 5.74) is 0. The summed E-state index contributed by atoms with van der Waals surface area (Å²) >= 11 is 0. The van der Waals surface area contributed by atoms with E-state index in [4.69, 9.17) is 0 Å². The minimum Gasteiger partial charge on any atom is -0.310 e. The van der Waals surface area contributed by atoms with E-state index in [0.717, 1.165) is 24.0 Å². The van der Waals surface area contributed by atoms with Crippen molar-refractivity contribution in [3.63, 3.8) is 0 Å². The van der Waals surface area contributed by atoms with Gasteiger partial charge in [-0.3, -0.25) is 0 Å². The third kappa shape index (κ3) is 3.32. The molecule has 0 aromatic rings. The van der Waals surface area contributed by atoms with Crippen LogP contribution < -0.4 is 5.32 Å². The van der Waals surface area contributed by atoms with Crippen LogP contribution in [0.5, 0.6) is 0 Å². The van der Waals surface area contributed by atoms with Crippen molar-refractivity contribution in [2.45, 2.75) is 63.1 Å². The molecule has 0 aromatic heterocycles. The number of piperidine rings is 1. The lowest BCUT2D eigenvalue weighted by Crippen LogP contribution is -2.49. The van der Waals surface area contributed by atoms with Crippen LogP contribution in [0.25, 0.3) is 0 Å². The van der Waals surface area contributed by atoms with Crippen LogP contribution in [0.1, 0.15) is 44.9 Å². The smallest absolute Gasteiger partial charge is 0.0221 e. The Balaban J connectivity index is 1.48. The van der Waals surface area contributed by atoms with Gasteiger partial charge in [-0.2, -0.15) is 0 Å². The molecular weight excluding hydrogens is 234 g/mol. The van der Waals surface area contributed by atoms with Crippen LogP contribution in [0.15, 0.2) is 0 Å². The summed E-state index contributed by atoms with van der Waals surface area (Å²) < 4.78 is 0. The maximum absolute atomic E-state index is 3.92. The number of nitrogens with one attached hydrogen (secondary N) is 1. The predicted octanol–water partition coefficient (Wildman–Crippen LogP) is 1.93. The first kappa shape index (κ1) is 13.8. The molecule has 19 heavy (non-hydrogen) atoms. The highest BCUT2D eigenvalue weighted by molar-refractivity contribution is 4.94. The Hall–Kier alpha value is -0.120. The number of likely N-dealkylation sites (tertiary alicyclic amines) is 1. The zero-order valence-electron chi connectivity index (χ0n) is 12.8. The van der Waals surface area contributed by atoms with Gasteiger partial charge in [0.15, 0.2) is 0 Å². The number of likely N-dealkylation sites (N-methyl/N-ethyl adjacent to an activating group) is 2. The quantitative estimate of drug-likeness (QED) is 0.841. The summed E-state index contributed by atoms with van der Waals surface area (Å²) in [6, 6.07) is 2.38. The van der Waals surface area contributed by atoms with E-state index in [9.17, 15) is 0 Å². The molecule has 3 aliphatic rings. The van der Waals surface area contributed by atoms with Crippen LogP contribution in [-0.2, 0) is 0 Å². The largest absolute Gasteiger partial charge is 0.310 e. The number of fused-ring (bicyclic) bond motifs is 1.